The highest BCUT2D eigenvalue weighted by Gasteiger charge is 2.20. The predicted octanol–water partition coefficient (Wildman–Crippen LogP) is 2.47. The summed E-state index contributed by atoms with van der Waals surface area (Å²) in [4.78, 5) is 7.27. The Hall–Kier alpha value is -1.57. The van der Waals surface area contributed by atoms with E-state index in [1.807, 2.05) is 0 Å². The van der Waals surface area contributed by atoms with Crippen LogP contribution in [0.15, 0.2) is 29.3 Å². The molecule has 0 bridgehead atoms. The normalized spacial score (nSPS) is 11.3. The summed E-state index contributed by atoms with van der Waals surface area (Å²) in [5.74, 6) is 0.0419. The van der Waals surface area contributed by atoms with Gasteiger partial charge in [0, 0.05) is 11.9 Å². The van der Waals surface area contributed by atoms with Crippen LogP contribution in [0, 0.1) is 6.92 Å². The molecule has 9 heteroatoms. The van der Waals surface area contributed by atoms with Crippen LogP contribution in [0.2, 0.25) is 10.3 Å². The van der Waals surface area contributed by atoms with Crippen molar-refractivity contribution in [1.82, 2.24) is 9.97 Å². The minimum absolute atomic E-state index is 0.0419. The number of anilines is 2. The first kappa shape index (κ1) is 14.8. The zero-order valence-electron chi connectivity index (χ0n) is 10.3. The summed E-state index contributed by atoms with van der Waals surface area (Å²) >= 11 is 11.5. The number of halogens is 2. The summed E-state index contributed by atoms with van der Waals surface area (Å²) in [6, 6.07) is 4.15. The molecule has 1 aromatic carbocycles. The average Bonchev–Trinajstić information content (AvgIpc) is 2.33. The Morgan fingerprint density at radius 3 is 2.65 bits per heavy atom. The number of nitrogens with one attached hydrogen (secondary N) is 1. The van der Waals surface area contributed by atoms with Gasteiger partial charge in [0.2, 0.25) is 5.28 Å². The van der Waals surface area contributed by atoms with Crippen LogP contribution in [0.1, 0.15) is 5.56 Å². The molecule has 0 atom stereocenters. The highest BCUT2D eigenvalue weighted by atomic mass is 35.5. The molecule has 3 N–H and O–H groups in total. The van der Waals surface area contributed by atoms with E-state index in [1.54, 1.807) is 6.92 Å². The second-order valence-corrected chi connectivity index (χ2v) is 6.35. The van der Waals surface area contributed by atoms with Gasteiger partial charge in [-0.2, -0.15) is 4.98 Å². The number of aromatic nitrogens is 2. The average molecular weight is 333 g/mol. The zero-order chi connectivity index (χ0) is 14.9. The van der Waals surface area contributed by atoms with Crippen LogP contribution in [0.4, 0.5) is 11.5 Å². The fourth-order valence-corrected chi connectivity index (χ4v) is 3.23. The molecular formula is C11H10Cl2N4O2S. The van der Waals surface area contributed by atoms with Crippen molar-refractivity contribution in [2.24, 2.45) is 0 Å². The Kier molecular flexibility index (Phi) is 4.03. The summed E-state index contributed by atoms with van der Waals surface area (Å²) in [7, 11) is -3.91. The number of nitrogens with zero attached hydrogens (tertiary/aromatic N) is 2. The fourth-order valence-electron chi connectivity index (χ4n) is 1.46. The lowest BCUT2D eigenvalue weighted by Crippen LogP contribution is -2.15. The molecule has 0 unspecified atom stereocenters. The fraction of sp³-hybridized carbons (Fsp3) is 0.0909. The first-order chi connectivity index (χ1) is 9.29. The molecule has 0 aliphatic heterocycles. The topological polar surface area (TPSA) is 98.0 Å². The van der Waals surface area contributed by atoms with Gasteiger partial charge >= 0.3 is 0 Å². The number of rotatable bonds is 3. The number of aryl methyl sites for hydroxylation is 1. The van der Waals surface area contributed by atoms with Crippen molar-refractivity contribution in [2.45, 2.75) is 11.8 Å². The maximum atomic E-state index is 12.2. The highest BCUT2D eigenvalue weighted by molar-refractivity contribution is 7.92. The quantitative estimate of drug-likeness (QED) is 0.664. The number of benzene rings is 1. The van der Waals surface area contributed by atoms with Crippen molar-refractivity contribution in [3.05, 3.63) is 40.3 Å². The second-order valence-electron chi connectivity index (χ2n) is 3.96. The van der Waals surface area contributed by atoms with Crippen LogP contribution in [0.5, 0.6) is 0 Å². The van der Waals surface area contributed by atoms with Crippen molar-refractivity contribution in [2.75, 3.05) is 10.5 Å². The molecule has 20 heavy (non-hydrogen) atoms. The molecule has 0 saturated heterocycles. The molecule has 1 heterocycles. The lowest BCUT2D eigenvalue weighted by molar-refractivity contribution is 0.601. The van der Waals surface area contributed by atoms with Crippen molar-refractivity contribution < 1.29 is 8.42 Å². The smallest absolute Gasteiger partial charge is 0.264 e. The molecule has 2 aromatic rings. The molecule has 0 aliphatic carbocycles. The van der Waals surface area contributed by atoms with Gasteiger partial charge in [-0.15, -0.1) is 0 Å². The largest absolute Gasteiger partial charge is 0.398 e. The Morgan fingerprint density at radius 1 is 1.30 bits per heavy atom. The van der Waals surface area contributed by atoms with Crippen LogP contribution in [-0.2, 0) is 10.0 Å². The molecule has 106 valence electrons. The minimum Gasteiger partial charge on any atom is -0.398 e. The molecule has 2 rings (SSSR count). The third kappa shape index (κ3) is 3.12. The molecular weight excluding hydrogens is 323 g/mol. The van der Waals surface area contributed by atoms with Gasteiger partial charge in [-0.25, -0.2) is 13.4 Å². The lowest BCUT2D eigenvalue weighted by Gasteiger charge is -2.10. The van der Waals surface area contributed by atoms with Gasteiger partial charge in [0.15, 0.2) is 0 Å². The van der Waals surface area contributed by atoms with E-state index in [-0.39, 0.29) is 21.0 Å². The number of nitrogens with two attached hydrogens (primary N) is 1. The summed E-state index contributed by atoms with van der Waals surface area (Å²) in [6.45, 7) is 1.73. The predicted molar refractivity (Wildman–Crippen MR) is 78.5 cm³/mol. The maximum Gasteiger partial charge on any atom is 0.264 e. The van der Waals surface area contributed by atoms with Crippen LogP contribution in [-0.4, -0.2) is 18.4 Å². The van der Waals surface area contributed by atoms with Gasteiger partial charge in [-0.3, -0.25) is 4.72 Å². The van der Waals surface area contributed by atoms with Crippen molar-refractivity contribution in [3.63, 3.8) is 0 Å². The highest BCUT2D eigenvalue weighted by Crippen LogP contribution is 2.28. The van der Waals surface area contributed by atoms with Crippen LogP contribution >= 0.6 is 23.2 Å². The van der Waals surface area contributed by atoms with Gasteiger partial charge in [0.05, 0.1) is 5.02 Å². The number of hydrogen-bond donors (Lipinski definition) is 2. The first-order valence-corrected chi connectivity index (χ1v) is 7.60. The van der Waals surface area contributed by atoms with Gasteiger partial charge < -0.3 is 5.73 Å². The molecule has 0 aliphatic rings. The second kappa shape index (κ2) is 5.43. The van der Waals surface area contributed by atoms with E-state index in [4.69, 9.17) is 28.9 Å². The van der Waals surface area contributed by atoms with E-state index in [0.29, 0.717) is 11.3 Å². The van der Waals surface area contributed by atoms with Gasteiger partial charge in [0.1, 0.15) is 10.7 Å². The molecule has 1 aromatic heterocycles. The van der Waals surface area contributed by atoms with E-state index in [1.165, 1.54) is 24.4 Å². The Labute approximate surface area is 126 Å². The van der Waals surface area contributed by atoms with E-state index in [2.05, 4.69) is 14.7 Å². The Bertz CT molecular complexity index is 765. The van der Waals surface area contributed by atoms with Crippen LogP contribution < -0.4 is 10.5 Å². The molecule has 0 fully saturated rings. The number of hydrogen-bond acceptors (Lipinski definition) is 5. The van der Waals surface area contributed by atoms with Crippen LogP contribution in [0.3, 0.4) is 0 Å². The molecule has 0 saturated carbocycles. The van der Waals surface area contributed by atoms with Gasteiger partial charge in [-0.1, -0.05) is 11.6 Å². The van der Waals surface area contributed by atoms with Crippen molar-refractivity contribution in [1.29, 1.82) is 0 Å². The summed E-state index contributed by atoms with van der Waals surface area (Å²) < 4.78 is 26.7. The third-order valence-corrected chi connectivity index (χ3v) is 4.48. The lowest BCUT2D eigenvalue weighted by atomic mass is 10.2. The van der Waals surface area contributed by atoms with Crippen molar-refractivity contribution in [3.8, 4) is 0 Å². The summed E-state index contributed by atoms with van der Waals surface area (Å²) in [6.07, 6.45) is 1.33. The molecule has 0 radical (unpaired) electrons. The van der Waals surface area contributed by atoms with Gasteiger partial charge in [0.25, 0.3) is 10.0 Å². The third-order valence-electron chi connectivity index (χ3n) is 2.48. The maximum absolute atomic E-state index is 12.2. The van der Waals surface area contributed by atoms with E-state index >= 15 is 0 Å². The molecule has 0 amide bonds. The number of nitrogen functional groups attached to an aromatic ring is 1. The number of sulfonamides is 1. The zero-order valence-corrected chi connectivity index (χ0v) is 12.6. The Morgan fingerprint density at radius 2 is 2.00 bits per heavy atom. The monoisotopic (exact) mass is 332 g/mol. The molecule has 6 nitrogen and oxygen atoms in total. The van der Waals surface area contributed by atoms with E-state index in [9.17, 15) is 8.42 Å². The van der Waals surface area contributed by atoms with Crippen LogP contribution in [0.25, 0.3) is 0 Å². The van der Waals surface area contributed by atoms with Crippen molar-refractivity contribution >= 4 is 44.7 Å². The minimum atomic E-state index is -3.91. The summed E-state index contributed by atoms with van der Waals surface area (Å²) in [5, 5.41) is 0.00377. The first-order valence-electron chi connectivity index (χ1n) is 5.36. The summed E-state index contributed by atoms with van der Waals surface area (Å²) in [5.41, 5.74) is 6.73. The van der Waals surface area contributed by atoms with E-state index in [0.717, 1.165) is 0 Å². The SMILES string of the molecule is Cc1cc(Cl)c(S(=O)(=O)Nc2ccnc(Cl)n2)cc1N. The standard InChI is InChI=1S/C11H10Cl2N4O2S/c1-6-4-7(12)9(5-8(6)14)20(18,19)17-10-2-3-15-11(13)16-10/h2-5H,14H2,1H3,(H,15,16,17). The van der Waals surface area contributed by atoms with Gasteiger partial charge in [-0.05, 0) is 42.3 Å². The Balaban J connectivity index is 2.43. The van der Waals surface area contributed by atoms with E-state index < -0.39 is 10.0 Å². The molecule has 0 spiro atoms.